The first-order chi connectivity index (χ1) is 12.6. The second kappa shape index (κ2) is 8.27. The number of methoxy groups -OCH3 is 1. The van der Waals surface area contributed by atoms with Crippen LogP contribution in [0.2, 0.25) is 0 Å². The molecule has 2 aromatic rings. The van der Waals surface area contributed by atoms with Gasteiger partial charge in [-0.1, -0.05) is 0 Å². The summed E-state index contributed by atoms with van der Waals surface area (Å²) in [6, 6.07) is 9.15. The van der Waals surface area contributed by atoms with E-state index in [1.165, 1.54) is 7.11 Å². The maximum atomic E-state index is 12.5. The average Bonchev–Trinajstić information content (AvgIpc) is 2.64. The Hall–Kier alpha value is -2.79. The minimum absolute atomic E-state index is 0.358. The molecule has 2 aromatic carbocycles. The number of ether oxygens (including phenoxy) is 2. The molecule has 0 heterocycles. The number of benzene rings is 2. The monoisotopic (exact) mass is 404 g/mol. The van der Waals surface area contributed by atoms with E-state index in [1.54, 1.807) is 29.1 Å². The lowest BCUT2D eigenvalue weighted by molar-refractivity contribution is -0.137. The van der Waals surface area contributed by atoms with Crippen molar-refractivity contribution in [1.29, 1.82) is 0 Å². The van der Waals surface area contributed by atoms with Crippen LogP contribution < -0.4 is 19.7 Å². The molecule has 0 aliphatic rings. The summed E-state index contributed by atoms with van der Waals surface area (Å²) in [5, 5.41) is 0. The smallest absolute Gasteiger partial charge is 0.416 e. The normalized spacial score (nSPS) is 11.7. The Bertz CT molecular complexity index is 882. The fraction of sp³-hybridized carbons (Fsp3) is 0.188. The zero-order valence-corrected chi connectivity index (χ0v) is 14.7. The largest absolute Gasteiger partial charge is 0.497 e. The third kappa shape index (κ3) is 5.86. The molecular formula is C16H15F3N2O5S. The molecule has 0 bridgehead atoms. The maximum Gasteiger partial charge on any atom is 0.416 e. The van der Waals surface area contributed by atoms with Crippen LogP contribution in [0.1, 0.15) is 5.56 Å². The highest BCUT2D eigenvalue weighted by atomic mass is 32.2. The van der Waals surface area contributed by atoms with Crippen molar-refractivity contribution in [3.63, 3.8) is 0 Å². The average molecular weight is 404 g/mol. The number of amides is 1. The van der Waals surface area contributed by atoms with Crippen molar-refractivity contribution in [3.05, 3.63) is 54.1 Å². The molecule has 11 heteroatoms. The summed E-state index contributed by atoms with van der Waals surface area (Å²) in [5.74, 6) is 0.147. The molecule has 0 unspecified atom stereocenters. The molecule has 0 radical (unpaired) electrons. The summed E-state index contributed by atoms with van der Waals surface area (Å²) in [4.78, 5) is 13.0. The van der Waals surface area contributed by atoms with Crippen LogP contribution in [0.5, 0.6) is 11.5 Å². The number of alkyl halides is 3. The van der Waals surface area contributed by atoms with E-state index in [2.05, 4.69) is 0 Å². The SMILES string of the molecule is COc1ccc(OCC(=O)NNS(=O)(=O)c2ccc(C(F)(F)F)cc2)cc1. The summed E-state index contributed by atoms with van der Waals surface area (Å²) in [6.07, 6.45) is -4.58. The molecule has 0 aromatic heterocycles. The number of halogens is 3. The Balaban J connectivity index is 1.89. The van der Waals surface area contributed by atoms with Crippen molar-refractivity contribution in [2.24, 2.45) is 0 Å². The molecule has 146 valence electrons. The number of carbonyl (C=O) groups is 1. The summed E-state index contributed by atoms with van der Waals surface area (Å²) < 4.78 is 71.6. The van der Waals surface area contributed by atoms with Crippen LogP contribution in [-0.2, 0) is 21.0 Å². The van der Waals surface area contributed by atoms with Gasteiger partial charge in [0, 0.05) is 0 Å². The van der Waals surface area contributed by atoms with Crippen LogP contribution in [0.3, 0.4) is 0 Å². The third-order valence-corrected chi connectivity index (χ3v) is 4.51. The first-order valence-corrected chi connectivity index (χ1v) is 8.85. The van der Waals surface area contributed by atoms with E-state index < -0.39 is 39.2 Å². The van der Waals surface area contributed by atoms with Gasteiger partial charge in [-0.3, -0.25) is 10.2 Å². The minimum Gasteiger partial charge on any atom is -0.497 e. The number of rotatable bonds is 7. The van der Waals surface area contributed by atoms with Gasteiger partial charge in [0.2, 0.25) is 0 Å². The number of hydrazine groups is 1. The number of sulfonamides is 1. The Morgan fingerprint density at radius 1 is 1.00 bits per heavy atom. The highest BCUT2D eigenvalue weighted by Crippen LogP contribution is 2.29. The lowest BCUT2D eigenvalue weighted by atomic mass is 10.2. The topological polar surface area (TPSA) is 93.7 Å². The molecule has 0 aliphatic heterocycles. The minimum atomic E-state index is -4.58. The maximum absolute atomic E-state index is 12.5. The quantitative estimate of drug-likeness (QED) is 0.690. The van der Waals surface area contributed by atoms with Gasteiger partial charge in [-0.15, -0.1) is 4.83 Å². The van der Waals surface area contributed by atoms with Gasteiger partial charge in [0.1, 0.15) is 11.5 Å². The van der Waals surface area contributed by atoms with Crippen molar-refractivity contribution in [3.8, 4) is 11.5 Å². The zero-order chi connectivity index (χ0) is 20.1. The van der Waals surface area contributed by atoms with E-state index >= 15 is 0 Å². The van der Waals surface area contributed by atoms with E-state index in [4.69, 9.17) is 9.47 Å². The first kappa shape index (κ1) is 20.5. The van der Waals surface area contributed by atoms with Crippen LogP contribution in [0.25, 0.3) is 0 Å². The second-order valence-corrected chi connectivity index (χ2v) is 6.82. The van der Waals surface area contributed by atoms with Crippen LogP contribution in [0, 0.1) is 0 Å². The molecule has 2 rings (SSSR count). The molecule has 0 aliphatic carbocycles. The summed E-state index contributed by atoms with van der Waals surface area (Å²) in [5.41, 5.74) is 0.923. The fourth-order valence-corrected chi connectivity index (χ4v) is 2.72. The molecule has 1 amide bonds. The van der Waals surface area contributed by atoms with Crippen molar-refractivity contribution < 1.29 is 35.9 Å². The molecule has 0 fully saturated rings. The fourth-order valence-electron chi connectivity index (χ4n) is 1.86. The van der Waals surface area contributed by atoms with Crippen molar-refractivity contribution >= 4 is 15.9 Å². The van der Waals surface area contributed by atoms with E-state index in [1.807, 2.05) is 5.43 Å². The highest BCUT2D eigenvalue weighted by molar-refractivity contribution is 7.89. The Morgan fingerprint density at radius 2 is 1.56 bits per heavy atom. The molecule has 2 N–H and O–H groups in total. The van der Waals surface area contributed by atoms with E-state index in [0.717, 1.165) is 12.1 Å². The standard InChI is InChI=1S/C16H15F3N2O5S/c1-25-12-4-6-13(7-5-12)26-10-15(22)20-21-27(23,24)14-8-2-11(3-9-14)16(17,18)19/h2-9,21H,10H2,1H3,(H,20,22). The van der Waals surface area contributed by atoms with Crippen molar-refractivity contribution in [2.75, 3.05) is 13.7 Å². The summed E-state index contributed by atoms with van der Waals surface area (Å²) in [7, 11) is -2.74. The predicted molar refractivity (Wildman–Crippen MR) is 88.4 cm³/mol. The van der Waals surface area contributed by atoms with Gasteiger partial charge in [0.15, 0.2) is 6.61 Å². The molecule has 27 heavy (non-hydrogen) atoms. The number of carbonyl (C=O) groups excluding carboxylic acids is 1. The lowest BCUT2D eigenvalue weighted by Gasteiger charge is -2.11. The van der Waals surface area contributed by atoms with Crippen LogP contribution in [0.15, 0.2) is 53.4 Å². The van der Waals surface area contributed by atoms with Gasteiger partial charge in [-0.2, -0.15) is 13.2 Å². The van der Waals surface area contributed by atoms with Gasteiger partial charge >= 0.3 is 6.18 Å². The Kier molecular flexibility index (Phi) is 6.28. The van der Waals surface area contributed by atoms with Gasteiger partial charge in [0.25, 0.3) is 15.9 Å². The lowest BCUT2D eigenvalue weighted by Crippen LogP contribution is -2.43. The van der Waals surface area contributed by atoms with Crippen molar-refractivity contribution in [1.82, 2.24) is 10.3 Å². The van der Waals surface area contributed by atoms with Crippen LogP contribution in [0.4, 0.5) is 13.2 Å². The number of hydrogen-bond acceptors (Lipinski definition) is 5. The molecule has 0 atom stereocenters. The summed E-state index contributed by atoms with van der Waals surface area (Å²) >= 11 is 0. The third-order valence-electron chi connectivity index (χ3n) is 3.25. The van der Waals surface area contributed by atoms with Crippen LogP contribution >= 0.6 is 0 Å². The molecule has 7 nitrogen and oxygen atoms in total. The van der Waals surface area contributed by atoms with Gasteiger partial charge in [0.05, 0.1) is 17.6 Å². The first-order valence-electron chi connectivity index (χ1n) is 7.36. The van der Waals surface area contributed by atoms with Crippen LogP contribution in [-0.4, -0.2) is 28.0 Å². The Labute approximate surface area is 153 Å². The van der Waals surface area contributed by atoms with E-state index in [0.29, 0.717) is 23.6 Å². The molecule has 0 saturated heterocycles. The second-order valence-electron chi connectivity index (χ2n) is 5.14. The zero-order valence-electron chi connectivity index (χ0n) is 13.9. The van der Waals surface area contributed by atoms with E-state index in [9.17, 15) is 26.4 Å². The highest BCUT2D eigenvalue weighted by Gasteiger charge is 2.30. The van der Waals surface area contributed by atoms with Crippen molar-refractivity contribution in [2.45, 2.75) is 11.1 Å². The molecule has 0 spiro atoms. The predicted octanol–water partition coefficient (Wildman–Crippen LogP) is 2.10. The Morgan fingerprint density at radius 3 is 2.07 bits per heavy atom. The van der Waals surface area contributed by atoms with E-state index in [-0.39, 0.29) is 0 Å². The van der Waals surface area contributed by atoms with Gasteiger partial charge in [-0.25, -0.2) is 8.42 Å². The van der Waals surface area contributed by atoms with Gasteiger partial charge < -0.3 is 9.47 Å². The molecular weight excluding hydrogens is 389 g/mol. The number of hydrogen-bond donors (Lipinski definition) is 2. The number of nitrogens with one attached hydrogen (secondary N) is 2. The van der Waals surface area contributed by atoms with Gasteiger partial charge in [-0.05, 0) is 48.5 Å². The summed E-state index contributed by atoms with van der Waals surface area (Å²) in [6.45, 7) is -0.484. The molecule has 0 saturated carbocycles.